The maximum absolute atomic E-state index is 12.1. The number of aliphatic hydroxyl groups excluding tert-OH is 2. The van der Waals surface area contributed by atoms with Crippen LogP contribution in [-0.2, 0) is 9.47 Å². The van der Waals surface area contributed by atoms with Gasteiger partial charge in [-0.1, -0.05) is 6.08 Å². The van der Waals surface area contributed by atoms with E-state index in [9.17, 15) is 9.59 Å². The van der Waals surface area contributed by atoms with E-state index < -0.39 is 11.2 Å². The molecule has 3 N–H and O–H groups in total. The van der Waals surface area contributed by atoms with Crippen LogP contribution in [0.1, 0.15) is 127 Å². The minimum atomic E-state index is -0.480. The first-order valence-corrected chi connectivity index (χ1v) is 24.4. The largest absolute Gasteiger partial charge is 0.490 e. The van der Waals surface area contributed by atoms with Crippen LogP contribution in [0.3, 0.4) is 0 Å². The number of allylic oxidation sites excluding steroid dienone is 1. The normalized spacial score (nSPS) is 26.6. The average Bonchev–Trinajstić information content (AvgIpc) is 4.13. The molecule has 3 saturated carbocycles. The fourth-order valence-corrected chi connectivity index (χ4v) is 8.71. The molecule has 0 radical (unpaired) electrons. The summed E-state index contributed by atoms with van der Waals surface area (Å²) in [5.41, 5.74) is 2.68. The number of carbonyl (C=O) groups is 2. The van der Waals surface area contributed by atoms with E-state index in [1.54, 1.807) is 28.4 Å². The molecule has 0 bridgehead atoms. The summed E-state index contributed by atoms with van der Waals surface area (Å²) in [7, 11) is 0. The van der Waals surface area contributed by atoms with Gasteiger partial charge in [-0.3, -0.25) is 15.0 Å². The molecule has 6 fully saturated rings. The van der Waals surface area contributed by atoms with Crippen molar-refractivity contribution in [1.29, 1.82) is 0 Å². The highest BCUT2D eigenvalue weighted by Crippen LogP contribution is 2.51. The topological polar surface area (TPSA) is 178 Å². The van der Waals surface area contributed by atoms with Crippen molar-refractivity contribution in [2.45, 2.75) is 140 Å². The van der Waals surface area contributed by atoms with Crippen LogP contribution in [0.4, 0.5) is 9.59 Å². The van der Waals surface area contributed by atoms with Gasteiger partial charge in [-0.05, 0) is 170 Å². The molecule has 366 valence electrons. The molecule has 2 amide bonds. The molecular weight excluding hydrogens is 853 g/mol. The molecule has 0 aromatic carbocycles. The SMILES string of the molecule is C=C[C@@H]1CC1c1cncc(OC[C@@H]2CCN2C(=O)OC(C)(C)C)c1.CC(C)(C)OC(=O)N1CC[C@H]1COc1cncc(C2C[C@H]2CCO)c1.OCC[C@@H]1CC1c1cncc(OC[C@@H]2CCN2)c1. The Morgan fingerprint density at radius 1 is 0.657 bits per heavy atom. The van der Waals surface area contributed by atoms with Gasteiger partial charge in [-0.2, -0.15) is 0 Å². The number of rotatable bonds is 17. The van der Waals surface area contributed by atoms with E-state index in [0.29, 0.717) is 61.3 Å². The fraction of sp³-hybridized carbons (Fsp3) is 0.635. The first-order valence-electron chi connectivity index (χ1n) is 24.4. The summed E-state index contributed by atoms with van der Waals surface area (Å²) in [4.78, 5) is 40.5. The van der Waals surface area contributed by atoms with Gasteiger partial charge in [0.05, 0.1) is 30.7 Å². The van der Waals surface area contributed by atoms with Crippen molar-refractivity contribution < 1.29 is 43.5 Å². The molecule has 9 atom stereocenters. The number of aliphatic hydroxyl groups is 2. The smallest absolute Gasteiger partial charge is 0.410 e. The average molecular weight is 927 g/mol. The van der Waals surface area contributed by atoms with Crippen LogP contribution >= 0.6 is 0 Å². The Labute approximate surface area is 397 Å². The van der Waals surface area contributed by atoms with Gasteiger partial charge in [0, 0.05) is 50.9 Å². The summed E-state index contributed by atoms with van der Waals surface area (Å²) in [5.74, 6) is 5.74. The van der Waals surface area contributed by atoms with Gasteiger partial charge in [0.1, 0.15) is 48.3 Å². The highest BCUT2D eigenvalue weighted by atomic mass is 16.6. The number of amides is 2. The minimum absolute atomic E-state index is 0.0570. The maximum Gasteiger partial charge on any atom is 0.410 e. The number of hydrogen-bond donors (Lipinski definition) is 3. The van der Waals surface area contributed by atoms with Gasteiger partial charge in [-0.25, -0.2) is 9.59 Å². The third-order valence-electron chi connectivity index (χ3n) is 13.3. The number of carbonyl (C=O) groups excluding carboxylic acids is 2. The fourth-order valence-electron chi connectivity index (χ4n) is 8.71. The van der Waals surface area contributed by atoms with Crippen molar-refractivity contribution in [3.63, 3.8) is 0 Å². The second-order valence-electron chi connectivity index (χ2n) is 20.9. The highest BCUT2D eigenvalue weighted by Gasteiger charge is 2.40. The van der Waals surface area contributed by atoms with Gasteiger partial charge >= 0.3 is 12.2 Å². The summed E-state index contributed by atoms with van der Waals surface area (Å²) in [5, 5.41) is 21.3. The highest BCUT2D eigenvalue weighted by molar-refractivity contribution is 5.70. The van der Waals surface area contributed by atoms with Crippen molar-refractivity contribution in [3.8, 4) is 17.2 Å². The monoisotopic (exact) mass is 927 g/mol. The van der Waals surface area contributed by atoms with Crippen LogP contribution in [0.5, 0.6) is 17.2 Å². The first kappa shape index (κ1) is 49.9. The van der Waals surface area contributed by atoms with Gasteiger partial charge < -0.3 is 49.0 Å². The minimum Gasteiger partial charge on any atom is -0.490 e. The van der Waals surface area contributed by atoms with Crippen LogP contribution in [0.2, 0.25) is 0 Å². The number of nitrogens with zero attached hydrogens (tertiary/aromatic N) is 5. The molecule has 9 rings (SSSR count). The number of hydrogen-bond acceptors (Lipinski definition) is 13. The van der Waals surface area contributed by atoms with Gasteiger partial charge in [0.2, 0.25) is 0 Å². The zero-order valence-electron chi connectivity index (χ0n) is 40.5. The lowest BCUT2D eigenvalue weighted by Crippen LogP contribution is -2.55. The second kappa shape index (κ2) is 22.4. The lowest BCUT2D eigenvalue weighted by atomic mass is 10.1. The summed E-state index contributed by atoms with van der Waals surface area (Å²) in [6.07, 6.45) is 20.6. The third kappa shape index (κ3) is 14.8. The molecule has 3 unspecified atom stereocenters. The van der Waals surface area contributed by atoms with Crippen molar-refractivity contribution >= 4 is 12.2 Å². The number of aromatic nitrogens is 3. The molecule has 15 heteroatoms. The van der Waals surface area contributed by atoms with Crippen molar-refractivity contribution in [3.05, 3.63) is 84.7 Å². The zero-order chi connectivity index (χ0) is 47.7. The molecule has 3 aromatic heterocycles. The lowest BCUT2D eigenvalue weighted by Gasteiger charge is -2.41. The van der Waals surface area contributed by atoms with E-state index in [2.05, 4.69) is 39.0 Å². The van der Waals surface area contributed by atoms with Gasteiger partial charge in [-0.15, -0.1) is 6.58 Å². The molecule has 3 saturated heterocycles. The predicted molar refractivity (Wildman–Crippen MR) is 254 cm³/mol. The Hall–Kier alpha value is -4.99. The van der Waals surface area contributed by atoms with Crippen LogP contribution in [0.25, 0.3) is 0 Å². The quantitative estimate of drug-likeness (QED) is 0.111. The molecule has 3 aliphatic carbocycles. The van der Waals surface area contributed by atoms with Crippen molar-refractivity contribution in [2.75, 3.05) is 52.7 Å². The molecule has 6 heterocycles. The van der Waals surface area contributed by atoms with E-state index in [-0.39, 0.29) is 37.5 Å². The standard InChI is InChI=1S/C19H28N2O4.C19H26N2O3.C14H20N2O2/c1-19(2,3)25-18(23)21-6-4-15(21)12-24-16-8-14(10-20-11-16)17-9-13(17)5-7-22;1-5-13-9-17(13)14-8-16(11-20-10-14)23-12-15-6-7-21(15)18(22)24-19(2,3)4;17-4-2-10-6-14(10)11-5-13(8-15-7-11)18-9-12-1-3-16-12/h8,10-11,13,15,17,22H,4-7,9,12H2,1-3H3;5,8,10-11,13,15,17H,1,6-7,9,12H2,2-4H3;5,7-8,10,12,14,16-17H,1-4,6,9H2/t2*13-,15+,17?;10-,12+,14?/m111/s1. The number of likely N-dealkylation sites (tertiary alicyclic amines) is 2. The van der Waals surface area contributed by atoms with Crippen molar-refractivity contribution in [1.82, 2.24) is 30.1 Å². The van der Waals surface area contributed by atoms with E-state index in [1.807, 2.05) is 72.3 Å². The summed E-state index contributed by atoms with van der Waals surface area (Å²) in [6, 6.07) is 6.83. The van der Waals surface area contributed by atoms with Gasteiger partial charge in [0.25, 0.3) is 0 Å². The first-order chi connectivity index (χ1) is 32.1. The third-order valence-corrected chi connectivity index (χ3v) is 13.3. The predicted octanol–water partition coefficient (Wildman–Crippen LogP) is 8.02. The van der Waals surface area contributed by atoms with E-state index >= 15 is 0 Å². The zero-order valence-corrected chi connectivity index (χ0v) is 40.5. The van der Waals surface area contributed by atoms with E-state index in [1.165, 1.54) is 29.5 Å². The molecule has 67 heavy (non-hydrogen) atoms. The Morgan fingerprint density at radius 2 is 1.07 bits per heavy atom. The van der Waals surface area contributed by atoms with E-state index in [0.717, 1.165) is 75.5 Å². The van der Waals surface area contributed by atoms with Gasteiger partial charge in [0.15, 0.2) is 0 Å². The number of pyridine rings is 3. The summed E-state index contributed by atoms with van der Waals surface area (Å²) >= 11 is 0. The maximum atomic E-state index is 12.1. The van der Waals surface area contributed by atoms with Crippen LogP contribution in [0, 0.1) is 17.8 Å². The summed E-state index contributed by atoms with van der Waals surface area (Å²) in [6.45, 7) is 19.8. The molecule has 3 aliphatic heterocycles. The van der Waals surface area contributed by atoms with Crippen LogP contribution in [-0.4, -0.2) is 129 Å². The molecule has 6 aliphatic rings. The Morgan fingerprint density at radius 3 is 1.40 bits per heavy atom. The van der Waals surface area contributed by atoms with Crippen molar-refractivity contribution in [2.24, 2.45) is 17.8 Å². The molecule has 3 aromatic rings. The Kier molecular flexibility index (Phi) is 16.7. The molecule has 15 nitrogen and oxygen atoms in total. The molecule has 0 spiro atoms. The Balaban J connectivity index is 0.000000151. The number of nitrogens with one attached hydrogen (secondary N) is 1. The number of ether oxygens (including phenoxy) is 5. The van der Waals surface area contributed by atoms with Crippen LogP contribution in [0.15, 0.2) is 68.0 Å². The summed E-state index contributed by atoms with van der Waals surface area (Å²) < 4.78 is 28.3. The van der Waals surface area contributed by atoms with Crippen LogP contribution < -0.4 is 19.5 Å². The Bertz CT molecular complexity index is 2110. The lowest BCUT2D eigenvalue weighted by molar-refractivity contribution is -0.0149. The van der Waals surface area contributed by atoms with E-state index in [4.69, 9.17) is 33.9 Å². The molecular formula is C52H74N6O9. The second-order valence-corrected chi connectivity index (χ2v) is 20.9.